The highest BCUT2D eigenvalue weighted by Gasteiger charge is 2.41. The summed E-state index contributed by atoms with van der Waals surface area (Å²) in [6, 6.07) is 0. The van der Waals surface area contributed by atoms with E-state index in [0.717, 1.165) is 0 Å². The molecule has 1 atom stereocenters. The summed E-state index contributed by atoms with van der Waals surface area (Å²) in [5, 5.41) is 26.9. The van der Waals surface area contributed by atoms with Crippen molar-refractivity contribution < 1.29 is 33.1 Å². The number of alkyl halides is 3. The molecule has 1 aliphatic rings. The van der Waals surface area contributed by atoms with Gasteiger partial charge in [-0.15, -0.1) is 24.8 Å². The van der Waals surface area contributed by atoms with E-state index >= 15 is 0 Å². The van der Waals surface area contributed by atoms with Crippen LogP contribution in [0.3, 0.4) is 0 Å². The number of carboxylic acids is 1. The molecule has 1 fully saturated rings. The third-order valence-electron chi connectivity index (χ3n) is 4.69. The zero-order chi connectivity index (χ0) is 18.4. The molecule has 0 aliphatic carbocycles. The Hall–Kier alpha value is -0.255. The minimum atomic E-state index is -4.16. The maximum absolute atomic E-state index is 12.6. The van der Waals surface area contributed by atoms with Crippen LogP contribution in [0.4, 0.5) is 13.2 Å². The number of hydrogen-bond acceptors (Lipinski definition) is 5. The monoisotopic (exact) mass is 426 g/mol. The third-order valence-corrected chi connectivity index (χ3v) is 4.69. The fourth-order valence-corrected chi connectivity index (χ4v) is 2.95. The van der Waals surface area contributed by atoms with Crippen molar-refractivity contribution in [1.29, 1.82) is 0 Å². The molecule has 0 aromatic heterocycles. The molecule has 6 nitrogen and oxygen atoms in total. The van der Waals surface area contributed by atoms with E-state index in [2.05, 4.69) is 0 Å². The Labute approximate surface area is 164 Å². The number of unbranched alkanes of at least 4 members (excludes halogenated alkanes) is 1. The molecule has 0 aromatic rings. The van der Waals surface area contributed by atoms with E-state index in [1.165, 1.54) is 0 Å². The molecular formula is C14H28BCl2F3N2O4. The first-order chi connectivity index (χ1) is 11.0. The summed E-state index contributed by atoms with van der Waals surface area (Å²) in [5.41, 5.74) is 4.50. The lowest BCUT2D eigenvalue weighted by Gasteiger charge is -2.35. The molecule has 0 bridgehead atoms. The number of hydrogen-bond donors (Lipinski definition) is 4. The van der Waals surface area contributed by atoms with Crippen molar-refractivity contribution >= 4 is 37.9 Å². The van der Waals surface area contributed by atoms with Crippen LogP contribution in [0.15, 0.2) is 0 Å². The van der Waals surface area contributed by atoms with Gasteiger partial charge >= 0.3 is 19.3 Å². The van der Waals surface area contributed by atoms with Crippen LogP contribution in [0, 0.1) is 5.92 Å². The molecule has 0 radical (unpaired) electrons. The maximum Gasteiger partial charge on any atom is 0.451 e. The van der Waals surface area contributed by atoms with Gasteiger partial charge in [-0.1, -0.05) is 12.8 Å². The lowest BCUT2D eigenvalue weighted by Crippen LogP contribution is -2.51. The second-order valence-corrected chi connectivity index (χ2v) is 6.60. The number of carbonyl (C=O) groups is 1. The summed E-state index contributed by atoms with van der Waals surface area (Å²) in [4.78, 5) is 13.2. The van der Waals surface area contributed by atoms with Gasteiger partial charge in [0.15, 0.2) is 0 Å². The van der Waals surface area contributed by atoms with Gasteiger partial charge in [0.25, 0.3) is 0 Å². The fourth-order valence-electron chi connectivity index (χ4n) is 2.95. The molecule has 1 unspecified atom stereocenters. The summed E-state index contributed by atoms with van der Waals surface area (Å²) in [5.74, 6) is -2.42. The molecule has 156 valence electrons. The lowest BCUT2D eigenvalue weighted by molar-refractivity contribution is -0.185. The first kappa shape index (κ1) is 28.0. The highest BCUT2D eigenvalue weighted by molar-refractivity contribution is 6.40. The Morgan fingerprint density at radius 3 is 2.08 bits per heavy atom. The van der Waals surface area contributed by atoms with E-state index < -0.39 is 30.7 Å². The normalized spacial score (nSPS) is 18.4. The van der Waals surface area contributed by atoms with E-state index in [9.17, 15) is 23.1 Å². The van der Waals surface area contributed by atoms with Crippen molar-refractivity contribution in [3.05, 3.63) is 0 Å². The SMILES string of the molecule is Cl.Cl.NC(CCCCB(O)O)(CCN1CCC(C(F)(F)F)CC1)C(=O)O. The highest BCUT2D eigenvalue weighted by Crippen LogP contribution is 2.34. The van der Waals surface area contributed by atoms with Crippen LogP contribution in [0.1, 0.15) is 38.5 Å². The van der Waals surface area contributed by atoms with Gasteiger partial charge in [0, 0.05) is 6.54 Å². The Morgan fingerprint density at radius 1 is 1.12 bits per heavy atom. The van der Waals surface area contributed by atoms with Crippen molar-refractivity contribution in [1.82, 2.24) is 4.90 Å². The third kappa shape index (κ3) is 9.61. The number of aliphatic carboxylic acids is 1. The summed E-state index contributed by atoms with van der Waals surface area (Å²) in [6.07, 6.45) is -2.72. The number of halogens is 5. The Morgan fingerprint density at radius 2 is 1.65 bits per heavy atom. The number of nitrogens with zero attached hydrogens (tertiary/aromatic N) is 1. The number of piperidine rings is 1. The molecule has 5 N–H and O–H groups in total. The average Bonchev–Trinajstić information content (AvgIpc) is 2.49. The van der Waals surface area contributed by atoms with E-state index in [0.29, 0.717) is 19.4 Å². The van der Waals surface area contributed by atoms with Crippen molar-refractivity contribution in [3.63, 3.8) is 0 Å². The van der Waals surface area contributed by atoms with Gasteiger partial charge in [-0.25, -0.2) is 0 Å². The molecule has 1 rings (SSSR count). The zero-order valence-electron chi connectivity index (χ0n) is 14.5. The molecule has 1 heterocycles. The average molecular weight is 427 g/mol. The van der Waals surface area contributed by atoms with Crippen LogP contribution < -0.4 is 5.73 Å². The molecule has 0 amide bonds. The largest absolute Gasteiger partial charge is 0.480 e. The quantitative estimate of drug-likeness (QED) is 0.331. The number of rotatable bonds is 9. The van der Waals surface area contributed by atoms with Gasteiger partial charge in [-0.05, 0) is 45.1 Å². The van der Waals surface area contributed by atoms with Crippen molar-refractivity contribution in [2.45, 2.75) is 56.6 Å². The van der Waals surface area contributed by atoms with Gasteiger partial charge < -0.3 is 25.8 Å². The molecule has 0 spiro atoms. The number of nitrogens with two attached hydrogens (primary N) is 1. The van der Waals surface area contributed by atoms with Crippen LogP contribution in [0.5, 0.6) is 0 Å². The zero-order valence-corrected chi connectivity index (χ0v) is 16.1. The van der Waals surface area contributed by atoms with Crippen LogP contribution in [-0.4, -0.2) is 64.5 Å². The van der Waals surface area contributed by atoms with Crippen LogP contribution in [0.2, 0.25) is 6.32 Å². The summed E-state index contributed by atoms with van der Waals surface area (Å²) >= 11 is 0. The first-order valence-corrected chi connectivity index (χ1v) is 8.22. The molecular weight excluding hydrogens is 399 g/mol. The fraction of sp³-hybridized carbons (Fsp3) is 0.929. The molecule has 0 saturated carbocycles. The molecule has 26 heavy (non-hydrogen) atoms. The van der Waals surface area contributed by atoms with Crippen LogP contribution in [-0.2, 0) is 4.79 Å². The second-order valence-electron chi connectivity index (χ2n) is 6.60. The number of carboxylic acid groups (broad SMARTS) is 1. The topological polar surface area (TPSA) is 107 Å². The summed E-state index contributed by atoms with van der Waals surface area (Å²) in [7, 11) is -1.42. The predicted molar refractivity (Wildman–Crippen MR) is 97.7 cm³/mol. The Bertz CT molecular complexity index is 414. The molecule has 0 aromatic carbocycles. The smallest absolute Gasteiger partial charge is 0.451 e. The number of likely N-dealkylation sites (tertiary alicyclic amines) is 1. The minimum absolute atomic E-state index is 0. The summed E-state index contributed by atoms with van der Waals surface area (Å²) < 4.78 is 37.9. The second kappa shape index (κ2) is 12.3. The van der Waals surface area contributed by atoms with Gasteiger partial charge in [-0.2, -0.15) is 13.2 Å². The van der Waals surface area contributed by atoms with Crippen LogP contribution >= 0.6 is 24.8 Å². The van der Waals surface area contributed by atoms with Gasteiger partial charge in [-0.3, -0.25) is 4.79 Å². The van der Waals surface area contributed by atoms with E-state index in [1.807, 2.05) is 4.90 Å². The minimum Gasteiger partial charge on any atom is -0.480 e. The lowest BCUT2D eigenvalue weighted by atomic mass is 9.81. The van der Waals surface area contributed by atoms with E-state index in [4.69, 9.17) is 15.8 Å². The highest BCUT2D eigenvalue weighted by atomic mass is 35.5. The molecule has 12 heteroatoms. The molecule has 1 aliphatic heterocycles. The first-order valence-electron chi connectivity index (χ1n) is 8.22. The van der Waals surface area contributed by atoms with Crippen molar-refractivity contribution in [3.8, 4) is 0 Å². The molecule has 1 saturated heterocycles. The van der Waals surface area contributed by atoms with E-state index in [1.54, 1.807) is 0 Å². The van der Waals surface area contributed by atoms with Crippen molar-refractivity contribution in [2.75, 3.05) is 19.6 Å². The standard InChI is InChI=1S/C14H26BF3N2O4.2ClH/c16-14(17,18)11-3-8-20(9-4-11)10-6-13(19,12(21)22)5-1-2-7-15(23)24;;/h11,23-24H,1-10,19H2,(H,21,22);2*1H. The van der Waals surface area contributed by atoms with Gasteiger partial charge in [0.2, 0.25) is 0 Å². The van der Waals surface area contributed by atoms with E-state index in [-0.39, 0.29) is 69.9 Å². The Balaban J connectivity index is 0. The van der Waals surface area contributed by atoms with Crippen molar-refractivity contribution in [2.24, 2.45) is 11.7 Å². The maximum atomic E-state index is 12.6. The summed E-state index contributed by atoms with van der Waals surface area (Å²) in [6.45, 7) is 0.920. The Kier molecular flexibility index (Phi) is 13.2. The van der Waals surface area contributed by atoms with Crippen LogP contribution in [0.25, 0.3) is 0 Å². The predicted octanol–water partition coefficient (Wildman–Crippen LogP) is 1.92. The van der Waals surface area contributed by atoms with Gasteiger partial charge in [0.1, 0.15) is 5.54 Å². The van der Waals surface area contributed by atoms with Gasteiger partial charge in [0.05, 0.1) is 5.92 Å².